The minimum absolute atomic E-state index is 0.0492. The van der Waals surface area contributed by atoms with Gasteiger partial charge in [0.05, 0.1) is 5.92 Å². The molecule has 1 amide bonds. The second-order valence-electron chi connectivity index (χ2n) is 5.21. The molecule has 1 unspecified atom stereocenters. The van der Waals surface area contributed by atoms with Crippen molar-refractivity contribution in [3.8, 4) is 6.07 Å². The van der Waals surface area contributed by atoms with Gasteiger partial charge in [-0.3, -0.25) is 4.79 Å². The first-order valence-corrected chi connectivity index (χ1v) is 6.69. The molecule has 1 aromatic heterocycles. The number of nitriles is 1. The molecule has 1 N–H and O–H groups in total. The van der Waals surface area contributed by atoms with Crippen molar-refractivity contribution < 1.29 is 4.79 Å². The molecule has 0 spiro atoms. The van der Waals surface area contributed by atoms with E-state index >= 15 is 0 Å². The van der Waals surface area contributed by atoms with Gasteiger partial charge >= 0.3 is 0 Å². The predicted molar refractivity (Wildman–Crippen MR) is 70.4 cm³/mol. The number of carbonyl (C=O) groups is 1. The molecule has 0 bridgehead atoms. The van der Waals surface area contributed by atoms with E-state index in [1.54, 1.807) is 6.07 Å². The SMILES string of the molecule is N#Cc1cccc(N2CCC(C(=O)NC3CC3)C2)n1. The number of anilines is 1. The van der Waals surface area contributed by atoms with Crippen LogP contribution in [0.15, 0.2) is 18.2 Å². The maximum absolute atomic E-state index is 12.0. The van der Waals surface area contributed by atoms with E-state index in [-0.39, 0.29) is 11.8 Å². The van der Waals surface area contributed by atoms with Gasteiger partial charge in [-0.05, 0) is 31.4 Å². The molecule has 5 nitrogen and oxygen atoms in total. The Kier molecular flexibility index (Phi) is 3.08. The molecule has 1 atom stereocenters. The standard InChI is InChI=1S/C14H16N4O/c15-8-12-2-1-3-13(16-12)18-7-6-10(9-18)14(19)17-11-4-5-11/h1-3,10-11H,4-7,9H2,(H,17,19). The van der Waals surface area contributed by atoms with Crippen molar-refractivity contribution in [2.75, 3.05) is 18.0 Å². The van der Waals surface area contributed by atoms with Gasteiger partial charge < -0.3 is 10.2 Å². The first-order chi connectivity index (χ1) is 9.26. The minimum atomic E-state index is 0.0492. The maximum atomic E-state index is 12.0. The van der Waals surface area contributed by atoms with Gasteiger partial charge in [0.15, 0.2) is 0 Å². The van der Waals surface area contributed by atoms with E-state index in [9.17, 15) is 4.79 Å². The first kappa shape index (κ1) is 12.0. The molecule has 2 heterocycles. The lowest BCUT2D eigenvalue weighted by molar-refractivity contribution is -0.124. The smallest absolute Gasteiger partial charge is 0.225 e. The number of hydrogen-bond donors (Lipinski definition) is 1. The Morgan fingerprint density at radius 1 is 1.42 bits per heavy atom. The van der Waals surface area contributed by atoms with Crippen LogP contribution in [0.1, 0.15) is 25.0 Å². The second kappa shape index (κ2) is 4.88. The maximum Gasteiger partial charge on any atom is 0.225 e. The van der Waals surface area contributed by atoms with E-state index in [1.165, 1.54) is 0 Å². The average molecular weight is 256 g/mol. The molecular formula is C14H16N4O. The summed E-state index contributed by atoms with van der Waals surface area (Å²) in [6.45, 7) is 1.52. The molecule has 2 aliphatic rings. The Morgan fingerprint density at radius 3 is 3.00 bits per heavy atom. The van der Waals surface area contributed by atoms with E-state index in [0.717, 1.165) is 31.6 Å². The highest BCUT2D eigenvalue weighted by molar-refractivity contribution is 5.80. The van der Waals surface area contributed by atoms with Crippen LogP contribution in [-0.2, 0) is 4.79 Å². The van der Waals surface area contributed by atoms with Crippen LogP contribution in [0.25, 0.3) is 0 Å². The van der Waals surface area contributed by atoms with E-state index < -0.39 is 0 Å². The molecule has 19 heavy (non-hydrogen) atoms. The summed E-state index contributed by atoms with van der Waals surface area (Å²) in [4.78, 5) is 18.3. The van der Waals surface area contributed by atoms with Crippen LogP contribution in [0.4, 0.5) is 5.82 Å². The molecule has 1 saturated carbocycles. The molecule has 1 aromatic rings. The molecule has 1 aliphatic heterocycles. The zero-order valence-electron chi connectivity index (χ0n) is 10.7. The van der Waals surface area contributed by atoms with Gasteiger partial charge in [-0.1, -0.05) is 6.07 Å². The van der Waals surface area contributed by atoms with Crippen molar-refractivity contribution in [2.24, 2.45) is 5.92 Å². The lowest BCUT2D eigenvalue weighted by Crippen LogP contribution is -2.34. The molecule has 1 saturated heterocycles. The van der Waals surface area contributed by atoms with Crippen molar-refractivity contribution in [1.29, 1.82) is 5.26 Å². The van der Waals surface area contributed by atoms with Crippen molar-refractivity contribution in [1.82, 2.24) is 10.3 Å². The van der Waals surface area contributed by atoms with Gasteiger partial charge in [-0.25, -0.2) is 4.98 Å². The van der Waals surface area contributed by atoms with E-state index in [4.69, 9.17) is 5.26 Å². The van der Waals surface area contributed by atoms with Crippen molar-refractivity contribution in [3.05, 3.63) is 23.9 Å². The molecule has 0 radical (unpaired) electrons. The first-order valence-electron chi connectivity index (χ1n) is 6.69. The number of carbonyl (C=O) groups excluding carboxylic acids is 1. The monoisotopic (exact) mass is 256 g/mol. The summed E-state index contributed by atoms with van der Waals surface area (Å²) in [7, 11) is 0. The highest BCUT2D eigenvalue weighted by atomic mass is 16.2. The molecule has 98 valence electrons. The summed E-state index contributed by atoms with van der Waals surface area (Å²) in [5.74, 6) is 1.01. The van der Waals surface area contributed by atoms with Crippen LogP contribution in [-0.4, -0.2) is 30.0 Å². The molecule has 5 heteroatoms. The van der Waals surface area contributed by atoms with Gasteiger partial charge in [-0.2, -0.15) is 5.26 Å². The average Bonchev–Trinajstić information content (AvgIpc) is 3.11. The fourth-order valence-corrected chi connectivity index (χ4v) is 2.39. The summed E-state index contributed by atoms with van der Waals surface area (Å²) in [6.07, 6.45) is 3.10. The molecule has 1 aliphatic carbocycles. The Hall–Kier alpha value is -2.09. The lowest BCUT2D eigenvalue weighted by atomic mass is 10.1. The Labute approximate surface area is 112 Å². The van der Waals surface area contributed by atoms with Gasteiger partial charge in [0.25, 0.3) is 0 Å². The Balaban J connectivity index is 1.64. The van der Waals surface area contributed by atoms with Crippen LogP contribution in [0.3, 0.4) is 0 Å². The highest BCUT2D eigenvalue weighted by Gasteiger charge is 2.32. The molecule has 3 rings (SSSR count). The number of hydrogen-bond acceptors (Lipinski definition) is 4. The number of amides is 1. The molecule has 2 fully saturated rings. The number of aromatic nitrogens is 1. The fraction of sp³-hybridized carbons (Fsp3) is 0.500. The summed E-state index contributed by atoms with van der Waals surface area (Å²) in [5.41, 5.74) is 0.420. The summed E-state index contributed by atoms with van der Waals surface area (Å²) in [5, 5.41) is 11.9. The minimum Gasteiger partial charge on any atom is -0.356 e. The third-order valence-electron chi connectivity index (χ3n) is 3.66. The van der Waals surface area contributed by atoms with Gasteiger partial charge in [0, 0.05) is 19.1 Å². The number of pyridine rings is 1. The van der Waals surface area contributed by atoms with Crippen LogP contribution in [0.2, 0.25) is 0 Å². The second-order valence-corrected chi connectivity index (χ2v) is 5.21. The van der Waals surface area contributed by atoms with Crippen molar-refractivity contribution >= 4 is 11.7 Å². The van der Waals surface area contributed by atoms with E-state index in [0.29, 0.717) is 18.3 Å². The summed E-state index contributed by atoms with van der Waals surface area (Å²) < 4.78 is 0. The number of nitrogens with zero attached hydrogens (tertiary/aromatic N) is 3. The molecular weight excluding hydrogens is 240 g/mol. The number of nitrogens with one attached hydrogen (secondary N) is 1. The fourth-order valence-electron chi connectivity index (χ4n) is 2.39. The summed E-state index contributed by atoms with van der Waals surface area (Å²) >= 11 is 0. The zero-order valence-corrected chi connectivity index (χ0v) is 10.7. The Morgan fingerprint density at radius 2 is 2.26 bits per heavy atom. The van der Waals surface area contributed by atoms with Crippen LogP contribution < -0.4 is 10.2 Å². The van der Waals surface area contributed by atoms with E-state index in [1.807, 2.05) is 18.2 Å². The predicted octanol–water partition coefficient (Wildman–Crippen LogP) is 1.06. The van der Waals surface area contributed by atoms with Crippen molar-refractivity contribution in [2.45, 2.75) is 25.3 Å². The largest absolute Gasteiger partial charge is 0.356 e. The topological polar surface area (TPSA) is 69.0 Å². The summed E-state index contributed by atoms with van der Waals surface area (Å²) in [6, 6.07) is 7.87. The van der Waals surface area contributed by atoms with Crippen LogP contribution in [0.5, 0.6) is 0 Å². The lowest BCUT2D eigenvalue weighted by Gasteiger charge is -2.17. The van der Waals surface area contributed by atoms with Gasteiger partial charge in [-0.15, -0.1) is 0 Å². The molecule has 0 aromatic carbocycles. The van der Waals surface area contributed by atoms with E-state index in [2.05, 4.69) is 15.2 Å². The number of rotatable bonds is 3. The van der Waals surface area contributed by atoms with Crippen LogP contribution >= 0.6 is 0 Å². The third kappa shape index (κ3) is 2.68. The third-order valence-corrected chi connectivity index (χ3v) is 3.66. The van der Waals surface area contributed by atoms with Crippen LogP contribution in [0, 0.1) is 17.2 Å². The van der Waals surface area contributed by atoms with Gasteiger partial charge in [0.2, 0.25) is 5.91 Å². The highest BCUT2D eigenvalue weighted by Crippen LogP contribution is 2.24. The van der Waals surface area contributed by atoms with Gasteiger partial charge in [0.1, 0.15) is 17.6 Å². The normalized spacial score (nSPS) is 22.1. The quantitative estimate of drug-likeness (QED) is 0.878. The zero-order chi connectivity index (χ0) is 13.2. The van der Waals surface area contributed by atoms with Crippen molar-refractivity contribution in [3.63, 3.8) is 0 Å². The Bertz CT molecular complexity index is 532.